The van der Waals surface area contributed by atoms with Crippen LogP contribution >= 0.6 is 15.9 Å². The Bertz CT molecular complexity index is 1180. The van der Waals surface area contributed by atoms with Crippen LogP contribution in [0.3, 0.4) is 0 Å². The number of likely N-dealkylation sites (tertiary alicyclic amines) is 1. The van der Waals surface area contributed by atoms with Gasteiger partial charge in [0.1, 0.15) is 0 Å². The van der Waals surface area contributed by atoms with E-state index in [-0.39, 0.29) is 36.3 Å². The molecule has 2 aromatic carbocycles. The van der Waals surface area contributed by atoms with Gasteiger partial charge in [0, 0.05) is 53.9 Å². The minimum atomic E-state index is -0.131. The summed E-state index contributed by atoms with van der Waals surface area (Å²) in [5.41, 5.74) is 8.50. The Morgan fingerprint density at radius 2 is 1.78 bits per heavy atom. The minimum Gasteiger partial charge on any atom is -0.398 e. The number of nitrogen functional groups attached to an aromatic ring is 1. The molecule has 1 amide bonds. The van der Waals surface area contributed by atoms with Crippen molar-refractivity contribution in [2.24, 2.45) is 0 Å². The molecule has 0 saturated carbocycles. The molecule has 166 valence electrons. The second-order valence-corrected chi connectivity index (χ2v) is 8.87. The highest BCUT2D eigenvalue weighted by atomic mass is 79.9. The molecule has 32 heavy (non-hydrogen) atoms. The average Bonchev–Trinajstić information content (AvgIpc) is 3.21. The lowest BCUT2D eigenvalue weighted by Gasteiger charge is -2.32. The highest BCUT2D eigenvalue weighted by Crippen LogP contribution is 2.25. The van der Waals surface area contributed by atoms with Crippen molar-refractivity contribution in [3.8, 4) is 11.3 Å². The van der Waals surface area contributed by atoms with Crippen LogP contribution in [0.4, 0.5) is 5.69 Å². The monoisotopic (exact) mass is 496 g/mol. The molecule has 8 heteroatoms. The van der Waals surface area contributed by atoms with E-state index in [0.717, 1.165) is 11.3 Å². The van der Waals surface area contributed by atoms with Crippen LogP contribution in [0.1, 0.15) is 42.1 Å². The smallest absolute Gasteiger partial charge is 0.326 e. The molecular weight excluding hydrogens is 472 g/mol. The third kappa shape index (κ3) is 4.85. The zero-order chi connectivity index (χ0) is 22.7. The van der Waals surface area contributed by atoms with E-state index in [1.165, 1.54) is 0 Å². The van der Waals surface area contributed by atoms with Gasteiger partial charge in [-0.05, 0) is 52.5 Å². The molecule has 4 rings (SSSR count). The molecule has 1 aliphatic heterocycles. The van der Waals surface area contributed by atoms with Crippen molar-refractivity contribution in [3.05, 3.63) is 75.2 Å². The van der Waals surface area contributed by atoms with Gasteiger partial charge >= 0.3 is 5.69 Å². The van der Waals surface area contributed by atoms with Crippen LogP contribution in [-0.2, 0) is 4.79 Å². The number of nitrogens with one attached hydrogen (secondary N) is 1. The maximum Gasteiger partial charge on any atom is 0.326 e. The molecule has 7 nitrogen and oxygen atoms in total. The van der Waals surface area contributed by atoms with Crippen molar-refractivity contribution >= 4 is 33.3 Å². The molecule has 3 aromatic rings. The summed E-state index contributed by atoms with van der Waals surface area (Å²) in [6, 6.07) is 14.8. The van der Waals surface area contributed by atoms with Crippen molar-refractivity contribution in [1.82, 2.24) is 14.5 Å². The summed E-state index contributed by atoms with van der Waals surface area (Å²) >= 11 is 3.32. The van der Waals surface area contributed by atoms with E-state index in [1.807, 2.05) is 36.5 Å². The molecule has 2 heterocycles. The first-order valence-electron chi connectivity index (χ1n) is 10.6. The Kier molecular flexibility index (Phi) is 6.60. The van der Waals surface area contributed by atoms with Crippen LogP contribution < -0.4 is 11.4 Å². The number of H-pyrrole nitrogens is 1. The van der Waals surface area contributed by atoms with Gasteiger partial charge in [0.05, 0.1) is 5.69 Å². The summed E-state index contributed by atoms with van der Waals surface area (Å²) in [6.45, 7) is 1.15. The third-order valence-electron chi connectivity index (χ3n) is 5.93. The SMILES string of the molecule is Nc1ccc(C(=O)CCC(=O)N2CCC(n3cc(-c4ccccc4)[nH]c3=O)CC2)cc1Br. The van der Waals surface area contributed by atoms with Crippen molar-refractivity contribution in [2.75, 3.05) is 18.8 Å². The summed E-state index contributed by atoms with van der Waals surface area (Å²) in [5, 5.41) is 0. The number of halogens is 1. The van der Waals surface area contributed by atoms with Gasteiger partial charge in [-0.3, -0.25) is 14.2 Å². The van der Waals surface area contributed by atoms with Crippen LogP contribution in [0.5, 0.6) is 0 Å². The molecule has 3 N–H and O–H groups in total. The number of rotatable bonds is 6. The summed E-state index contributed by atoms with van der Waals surface area (Å²) in [6.07, 6.45) is 3.61. The number of benzene rings is 2. The number of nitrogens with two attached hydrogens (primary N) is 1. The lowest BCUT2D eigenvalue weighted by molar-refractivity contribution is -0.132. The Balaban J connectivity index is 1.31. The molecule has 1 aromatic heterocycles. The highest BCUT2D eigenvalue weighted by Gasteiger charge is 2.25. The van der Waals surface area contributed by atoms with Crippen LogP contribution in [0.25, 0.3) is 11.3 Å². The number of piperidine rings is 1. The largest absolute Gasteiger partial charge is 0.398 e. The predicted octanol–water partition coefficient (Wildman–Crippen LogP) is 4.01. The minimum absolute atomic E-state index is 0.0299. The second kappa shape index (κ2) is 9.56. The quantitative estimate of drug-likeness (QED) is 0.397. The molecule has 0 radical (unpaired) electrons. The molecular formula is C24H25BrN4O3. The number of Topliss-reactive ketones (excluding diaryl/α,β-unsaturated/α-hetero) is 1. The fourth-order valence-corrected chi connectivity index (χ4v) is 4.44. The number of amides is 1. The summed E-state index contributed by atoms with van der Waals surface area (Å²) in [7, 11) is 0. The Morgan fingerprint density at radius 3 is 2.47 bits per heavy atom. The first-order chi connectivity index (χ1) is 15.4. The van der Waals surface area contributed by atoms with Gasteiger partial charge < -0.3 is 15.6 Å². The fourth-order valence-electron chi connectivity index (χ4n) is 4.06. The number of nitrogens with zero attached hydrogens (tertiary/aromatic N) is 2. The van der Waals surface area contributed by atoms with E-state index in [0.29, 0.717) is 41.7 Å². The molecule has 1 fully saturated rings. The first kappa shape index (κ1) is 22.1. The lowest BCUT2D eigenvalue weighted by Crippen LogP contribution is -2.40. The molecule has 0 unspecified atom stereocenters. The summed E-state index contributed by atoms with van der Waals surface area (Å²) < 4.78 is 2.42. The number of carbonyl (C=O) groups excluding carboxylic acids is 2. The Hall–Kier alpha value is -3.13. The summed E-state index contributed by atoms with van der Waals surface area (Å²) in [4.78, 5) is 42.2. The molecule has 0 spiro atoms. The Morgan fingerprint density at radius 1 is 1.06 bits per heavy atom. The van der Waals surface area contributed by atoms with Gasteiger partial charge in [-0.15, -0.1) is 0 Å². The van der Waals surface area contributed by atoms with Gasteiger partial charge in [-0.2, -0.15) is 0 Å². The molecule has 0 bridgehead atoms. The number of carbonyl (C=O) groups is 2. The van der Waals surface area contributed by atoms with Gasteiger partial charge in [-0.25, -0.2) is 4.79 Å². The summed E-state index contributed by atoms with van der Waals surface area (Å²) in [5.74, 6) is -0.112. The van der Waals surface area contributed by atoms with E-state index >= 15 is 0 Å². The Labute approximate surface area is 194 Å². The highest BCUT2D eigenvalue weighted by molar-refractivity contribution is 9.10. The van der Waals surface area contributed by atoms with E-state index in [2.05, 4.69) is 20.9 Å². The first-order valence-corrected chi connectivity index (χ1v) is 11.4. The number of anilines is 1. The molecule has 1 aliphatic rings. The van der Waals surface area contributed by atoms with E-state index in [4.69, 9.17) is 5.73 Å². The predicted molar refractivity (Wildman–Crippen MR) is 127 cm³/mol. The van der Waals surface area contributed by atoms with Crippen molar-refractivity contribution in [3.63, 3.8) is 0 Å². The molecule has 0 aliphatic carbocycles. The standard InChI is InChI=1S/C24H25BrN4O3/c25-19-14-17(6-7-20(19)26)22(30)8-9-23(31)28-12-10-18(11-13-28)29-15-21(27-24(29)32)16-4-2-1-3-5-16/h1-7,14-15,18H,8-13,26H2,(H,27,32). The van der Waals surface area contributed by atoms with Crippen molar-refractivity contribution < 1.29 is 9.59 Å². The van der Waals surface area contributed by atoms with E-state index in [9.17, 15) is 14.4 Å². The van der Waals surface area contributed by atoms with Crippen molar-refractivity contribution in [1.29, 1.82) is 0 Å². The number of aromatic amines is 1. The van der Waals surface area contributed by atoms with Crippen LogP contribution in [-0.4, -0.2) is 39.2 Å². The number of ketones is 1. The average molecular weight is 497 g/mol. The van der Waals surface area contributed by atoms with Gasteiger partial charge in [-0.1, -0.05) is 30.3 Å². The van der Waals surface area contributed by atoms with Gasteiger partial charge in [0.2, 0.25) is 5.91 Å². The number of aromatic nitrogens is 2. The molecule has 1 saturated heterocycles. The molecule has 0 atom stereocenters. The number of imidazole rings is 1. The van der Waals surface area contributed by atoms with E-state index in [1.54, 1.807) is 27.7 Å². The second-order valence-electron chi connectivity index (χ2n) is 8.02. The number of hydrogen-bond acceptors (Lipinski definition) is 4. The van der Waals surface area contributed by atoms with Gasteiger partial charge in [0.25, 0.3) is 0 Å². The fraction of sp³-hybridized carbons (Fsp3) is 0.292. The lowest BCUT2D eigenvalue weighted by atomic mass is 10.0. The topological polar surface area (TPSA) is 101 Å². The van der Waals surface area contributed by atoms with Crippen LogP contribution in [0.2, 0.25) is 0 Å². The zero-order valence-corrected chi connectivity index (χ0v) is 19.2. The zero-order valence-electron chi connectivity index (χ0n) is 17.6. The van der Waals surface area contributed by atoms with Crippen molar-refractivity contribution in [2.45, 2.75) is 31.7 Å². The van der Waals surface area contributed by atoms with Crippen LogP contribution in [0, 0.1) is 0 Å². The maximum atomic E-state index is 12.6. The van der Waals surface area contributed by atoms with E-state index < -0.39 is 0 Å². The number of hydrogen-bond donors (Lipinski definition) is 2. The van der Waals surface area contributed by atoms with Gasteiger partial charge in [0.15, 0.2) is 5.78 Å². The maximum absolute atomic E-state index is 12.6. The van der Waals surface area contributed by atoms with Crippen LogP contribution in [0.15, 0.2) is 64.0 Å². The normalized spacial score (nSPS) is 14.5. The third-order valence-corrected chi connectivity index (χ3v) is 6.61.